The number of rotatable bonds is 3. The number of hydrogen-bond donors (Lipinski definition) is 2. The molecule has 2 aliphatic rings. The maximum atomic E-state index is 10.7. The van der Waals surface area contributed by atoms with Crippen LogP contribution in [0.25, 0.3) is 0 Å². The highest BCUT2D eigenvalue weighted by atomic mass is 32.2. The highest BCUT2D eigenvalue weighted by molar-refractivity contribution is 7.96. The molecule has 2 aliphatic heterocycles. The Bertz CT molecular complexity index is 238. The van der Waals surface area contributed by atoms with Gasteiger partial charge in [0, 0.05) is 0 Å². The second-order valence-corrected chi connectivity index (χ2v) is 3.95. The Balaban J connectivity index is 1.67. The van der Waals surface area contributed by atoms with Crippen molar-refractivity contribution >= 4 is 36.1 Å². The highest BCUT2D eigenvalue weighted by Crippen LogP contribution is 2.17. The maximum absolute atomic E-state index is 10.7. The SMILES string of the molecule is O=C1CN(OON2CC(=O)NS2)SN1. The quantitative estimate of drug-likeness (QED) is 0.359. The Labute approximate surface area is 87.6 Å². The Hall–Kier alpha value is -0.520. The van der Waals surface area contributed by atoms with Crippen LogP contribution < -0.4 is 9.44 Å². The molecule has 2 saturated heterocycles. The average molecular weight is 238 g/mol. The molecular weight excluding hydrogens is 232 g/mol. The third-order valence-corrected chi connectivity index (χ3v) is 2.69. The molecule has 10 heteroatoms. The van der Waals surface area contributed by atoms with E-state index in [9.17, 15) is 9.59 Å². The highest BCUT2D eigenvalue weighted by Gasteiger charge is 2.26. The standard InChI is InChI=1S/C4H6N4O4S2/c9-3-1-7(13-5-3)11-12-8-2-4(10)6-14-8/h1-2H2,(H,5,9)(H,6,10). The molecule has 0 radical (unpaired) electrons. The molecule has 0 atom stereocenters. The molecule has 0 aromatic carbocycles. The third-order valence-electron chi connectivity index (χ3n) is 1.27. The first-order valence-corrected chi connectivity index (χ1v) is 5.10. The molecule has 0 spiro atoms. The number of carbonyl (C=O) groups is 2. The van der Waals surface area contributed by atoms with Crippen molar-refractivity contribution in [1.82, 2.24) is 18.4 Å². The van der Waals surface area contributed by atoms with Crippen molar-refractivity contribution in [3.63, 3.8) is 0 Å². The Morgan fingerprint density at radius 3 is 1.71 bits per heavy atom. The van der Waals surface area contributed by atoms with Gasteiger partial charge in [-0.05, 0) is 0 Å². The fraction of sp³-hybridized carbons (Fsp3) is 0.500. The average Bonchev–Trinajstić information content (AvgIpc) is 2.72. The molecule has 2 heterocycles. The molecule has 0 aliphatic carbocycles. The molecule has 14 heavy (non-hydrogen) atoms. The topological polar surface area (TPSA) is 83.1 Å². The molecule has 2 rings (SSSR count). The number of hydroxylamine groups is 2. The van der Waals surface area contributed by atoms with Gasteiger partial charge in [-0.1, -0.05) is 8.94 Å². The molecule has 0 aromatic rings. The summed E-state index contributed by atoms with van der Waals surface area (Å²) in [6, 6.07) is 0. The van der Waals surface area contributed by atoms with E-state index < -0.39 is 0 Å². The van der Waals surface area contributed by atoms with E-state index in [1.54, 1.807) is 0 Å². The maximum Gasteiger partial charge on any atom is 0.248 e. The lowest BCUT2D eigenvalue weighted by Crippen LogP contribution is -2.23. The summed E-state index contributed by atoms with van der Waals surface area (Å²) in [6.45, 7) is 0.176. The number of amides is 2. The molecule has 0 aromatic heterocycles. The number of nitrogens with zero attached hydrogens (tertiary/aromatic N) is 2. The normalized spacial score (nSPS) is 24.0. The Morgan fingerprint density at radius 1 is 1.00 bits per heavy atom. The van der Waals surface area contributed by atoms with Crippen LogP contribution >= 0.6 is 24.3 Å². The predicted octanol–water partition coefficient (Wildman–Crippen LogP) is -1.25. The van der Waals surface area contributed by atoms with Crippen LogP contribution in [0.15, 0.2) is 0 Å². The molecule has 2 amide bonds. The van der Waals surface area contributed by atoms with Crippen LogP contribution in [0.5, 0.6) is 0 Å². The van der Waals surface area contributed by atoms with Crippen molar-refractivity contribution < 1.29 is 19.6 Å². The van der Waals surface area contributed by atoms with Gasteiger partial charge in [-0.15, -0.1) is 9.98 Å². The van der Waals surface area contributed by atoms with Gasteiger partial charge in [0.2, 0.25) is 11.8 Å². The third kappa shape index (κ3) is 2.50. The van der Waals surface area contributed by atoms with Gasteiger partial charge in [-0.2, -0.15) is 0 Å². The van der Waals surface area contributed by atoms with Crippen molar-refractivity contribution in [2.24, 2.45) is 0 Å². The minimum absolute atomic E-state index is 0.0878. The molecule has 2 fully saturated rings. The van der Waals surface area contributed by atoms with E-state index in [1.807, 2.05) is 0 Å². The van der Waals surface area contributed by atoms with Gasteiger partial charge < -0.3 is 0 Å². The lowest BCUT2D eigenvalue weighted by atomic mass is 10.7. The number of nitrogens with one attached hydrogen (secondary N) is 2. The minimum Gasteiger partial charge on any atom is -0.284 e. The van der Waals surface area contributed by atoms with Gasteiger partial charge in [0.1, 0.15) is 13.1 Å². The fourth-order valence-electron chi connectivity index (χ4n) is 0.725. The van der Waals surface area contributed by atoms with Crippen LogP contribution in [0.2, 0.25) is 0 Å². The summed E-state index contributed by atoms with van der Waals surface area (Å²) >= 11 is 1.96. The summed E-state index contributed by atoms with van der Waals surface area (Å²) in [7, 11) is 0. The van der Waals surface area contributed by atoms with E-state index in [0.717, 1.165) is 24.3 Å². The summed E-state index contributed by atoms with van der Waals surface area (Å²) in [5.41, 5.74) is 0. The Kier molecular flexibility index (Phi) is 3.10. The van der Waals surface area contributed by atoms with Gasteiger partial charge in [0.05, 0.1) is 24.3 Å². The monoisotopic (exact) mass is 238 g/mol. The first-order chi connectivity index (χ1) is 6.74. The van der Waals surface area contributed by atoms with Crippen molar-refractivity contribution in [2.75, 3.05) is 13.1 Å². The zero-order valence-corrected chi connectivity index (χ0v) is 8.39. The second-order valence-electron chi connectivity index (χ2n) is 2.36. The van der Waals surface area contributed by atoms with Gasteiger partial charge >= 0.3 is 0 Å². The van der Waals surface area contributed by atoms with E-state index in [-0.39, 0.29) is 24.9 Å². The smallest absolute Gasteiger partial charge is 0.248 e. The van der Waals surface area contributed by atoms with Crippen LogP contribution in [0.1, 0.15) is 0 Å². The van der Waals surface area contributed by atoms with E-state index >= 15 is 0 Å². The van der Waals surface area contributed by atoms with Crippen LogP contribution in [-0.2, 0) is 19.6 Å². The molecular formula is C4H6N4O4S2. The summed E-state index contributed by atoms with van der Waals surface area (Å²) in [6.07, 6.45) is 0. The van der Waals surface area contributed by atoms with E-state index in [2.05, 4.69) is 9.44 Å². The summed E-state index contributed by atoms with van der Waals surface area (Å²) in [5, 5.41) is 0. The first-order valence-electron chi connectivity index (χ1n) is 3.55. The van der Waals surface area contributed by atoms with Crippen LogP contribution in [0, 0.1) is 0 Å². The van der Waals surface area contributed by atoms with Crippen LogP contribution in [0.3, 0.4) is 0 Å². The summed E-state index contributed by atoms with van der Waals surface area (Å²) in [5.74, 6) is -0.330. The summed E-state index contributed by atoms with van der Waals surface area (Å²) < 4.78 is 7.32. The fourth-order valence-corrected chi connectivity index (χ4v) is 1.74. The first kappa shape index (κ1) is 10.0. The molecule has 8 nitrogen and oxygen atoms in total. The molecule has 2 N–H and O–H groups in total. The van der Waals surface area contributed by atoms with Crippen molar-refractivity contribution in [2.45, 2.75) is 0 Å². The molecule has 0 unspecified atom stereocenters. The van der Waals surface area contributed by atoms with Crippen molar-refractivity contribution in [3.8, 4) is 0 Å². The lowest BCUT2D eigenvalue weighted by Gasteiger charge is -2.12. The zero-order valence-electron chi connectivity index (χ0n) is 6.76. The number of carbonyl (C=O) groups excluding carboxylic acids is 2. The Morgan fingerprint density at radius 2 is 1.43 bits per heavy atom. The largest absolute Gasteiger partial charge is 0.284 e. The van der Waals surface area contributed by atoms with Gasteiger partial charge in [0.25, 0.3) is 0 Å². The molecule has 78 valence electrons. The van der Waals surface area contributed by atoms with E-state index in [1.165, 1.54) is 8.94 Å². The van der Waals surface area contributed by atoms with E-state index in [4.69, 9.17) is 9.98 Å². The van der Waals surface area contributed by atoms with Crippen LogP contribution in [0.4, 0.5) is 0 Å². The van der Waals surface area contributed by atoms with Crippen LogP contribution in [-0.4, -0.2) is 33.8 Å². The predicted molar refractivity (Wildman–Crippen MR) is 47.0 cm³/mol. The second kappa shape index (κ2) is 4.33. The van der Waals surface area contributed by atoms with E-state index in [0.29, 0.717) is 0 Å². The molecule has 0 bridgehead atoms. The van der Waals surface area contributed by atoms with Crippen molar-refractivity contribution in [3.05, 3.63) is 0 Å². The summed E-state index contributed by atoms with van der Waals surface area (Å²) in [4.78, 5) is 30.9. The zero-order chi connectivity index (χ0) is 9.97. The lowest BCUT2D eigenvalue weighted by molar-refractivity contribution is -0.458. The van der Waals surface area contributed by atoms with Gasteiger partial charge in [0.15, 0.2) is 0 Å². The van der Waals surface area contributed by atoms with Crippen molar-refractivity contribution in [1.29, 1.82) is 0 Å². The number of hydrogen-bond acceptors (Lipinski definition) is 8. The minimum atomic E-state index is -0.165. The molecule has 0 saturated carbocycles. The van der Waals surface area contributed by atoms with Gasteiger partial charge in [-0.3, -0.25) is 19.0 Å². The van der Waals surface area contributed by atoms with Gasteiger partial charge in [-0.25, -0.2) is 0 Å².